The van der Waals surface area contributed by atoms with Crippen LogP contribution in [0.1, 0.15) is 23.1 Å². The van der Waals surface area contributed by atoms with Crippen molar-refractivity contribution in [1.82, 2.24) is 10.2 Å². The highest BCUT2D eigenvalue weighted by Gasteiger charge is 2.04. The van der Waals surface area contributed by atoms with Gasteiger partial charge < -0.3 is 9.52 Å². The van der Waals surface area contributed by atoms with E-state index in [1.54, 1.807) is 11.3 Å². The highest BCUT2D eigenvalue weighted by molar-refractivity contribution is 7.09. The molecule has 0 saturated heterocycles. The minimum atomic E-state index is -1.03. The SMILES string of the molecule is O=C(O)/C=C/c1nnc(CCCc2cccs2)o1. The van der Waals surface area contributed by atoms with E-state index in [4.69, 9.17) is 9.52 Å². The van der Waals surface area contributed by atoms with Gasteiger partial charge in [-0.05, 0) is 24.3 Å². The van der Waals surface area contributed by atoms with Gasteiger partial charge in [0.1, 0.15) is 0 Å². The van der Waals surface area contributed by atoms with E-state index in [1.165, 1.54) is 11.0 Å². The van der Waals surface area contributed by atoms with Crippen LogP contribution in [0.3, 0.4) is 0 Å². The molecule has 0 saturated carbocycles. The van der Waals surface area contributed by atoms with E-state index in [1.807, 2.05) is 6.07 Å². The Labute approximate surface area is 108 Å². The van der Waals surface area contributed by atoms with E-state index >= 15 is 0 Å². The third-order valence-electron chi connectivity index (χ3n) is 2.24. The van der Waals surface area contributed by atoms with Crippen molar-refractivity contribution in [3.63, 3.8) is 0 Å². The molecule has 2 heterocycles. The Morgan fingerprint density at radius 2 is 2.33 bits per heavy atom. The molecule has 5 nitrogen and oxygen atoms in total. The normalized spacial score (nSPS) is 11.1. The van der Waals surface area contributed by atoms with Gasteiger partial charge in [-0.2, -0.15) is 0 Å². The molecule has 18 heavy (non-hydrogen) atoms. The standard InChI is InChI=1S/C12H12N2O3S/c15-12(16)7-6-11-14-13-10(17-11)5-1-3-9-4-2-8-18-9/h2,4,6-8H,1,3,5H2,(H,15,16)/b7-6+. The minimum absolute atomic E-state index is 0.225. The van der Waals surface area contributed by atoms with Crippen molar-refractivity contribution in [2.24, 2.45) is 0 Å². The molecule has 0 bridgehead atoms. The summed E-state index contributed by atoms with van der Waals surface area (Å²) >= 11 is 1.73. The number of carbonyl (C=O) groups is 1. The van der Waals surface area contributed by atoms with Crippen LogP contribution in [0.5, 0.6) is 0 Å². The third-order valence-corrected chi connectivity index (χ3v) is 3.18. The largest absolute Gasteiger partial charge is 0.478 e. The van der Waals surface area contributed by atoms with Crippen molar-refractivity contribution >= 4 is 23.4 Å². The minimum Gasteiger partial charge on any atom is -0.478 e. The van der Waals surface area contributed by atoms with Crippen molar-refractivity contribution in [2.45, 2.75) is 19.3 Å². The topological polar surface area (TPSA) is 76.2 Å². The summed E-state index contributed by atoms with van der Waals surface area (Å²) in [5, 5.41) is 18.1. The van der Waals surface area contributed by atoms with Crippen LogP contribution in [-0.4, -0.2) is 21.3 Å². The summed E-state index contributed by atoms with van der Waals surface area (Å²) in [5.74, 6) is -0.271. The average Bonchev–Trinajstić information content (AvgIpc) is 2.97. The second-order valence-electron chi connectivity index (χ2n) is 3.64. The molecule has 2 aromatic heterocycles. The number of carboxylic acids is 1. The van der Waals surface area contributed by atoms with Gasteiger partial charge in [0.2, 0.25) is 11.8 Å². The Bertz CT molecular complexity index is 531. The zero-order chi connectivity index (χ0) is 12.8. The predicted octanol–water partition coefficient (Wildman–Crippen LogP) is 2.40. The molecule has 0 radical (unpaired) electrons. The number of aliphatic carboxylic acids is 1. The summed E-state index contributed by atoms with van der Waals surface area (Å²) in [5.41, 5.74) is 0. The van der Waals surface area contributed by atoms with E-state index in [-0.39, 0.29) is 5.89 Å². The molecular weight excluding hydrogens is 252 g/mol. The zero-order valence-electron chi connectivity index (χ0n) is 9.57. The lowest BCUT2D eigenvalue weighted by Crippen LogP contribution is -1.88. The van der Waals surface area contributed by atoms with Gasteiger partial charge in [0.25, 0.3) is 0 Å². The molecule has 0 atom stereocenters. The smallest absolute Gasteiger partial charge is 0.328 e. The van der Waals surface area contributed by atoms with Gasteiger partial charge in [-0.1, -0.05) is 6.07 Å². The Morgan fingerprint density at radius 3 is 3.06 bits per heavy atom. The van der Waals surface area contributed by atoms with Crippen molar-refractivity contribution in [3.8, 4) is 0 Å². The van der Waals surface area contributed by atoms with Crippen LogP contribution in [0.25, 0.3) is 6.08 Å². The zero-order valence-corrected chi connectivity index (χ0v) is 10.4. The summed E-state index contributed by atoms with van der Waals surface area (Å²) < 4.78 is 5.28. The lowest BCUT2D eigenvalue weighted by molar-refractivity contribution is -0.131. The van der Waals surface area contributed by atoms with E-state index < -0.39 is 5.97 Å². The molecule has 0 amide bonds. The van der Waals surface area contributed by atoms with Gasteiger partial charge in [-0.15, -0.1) is 21.5 Å². The molecule has 0 unspecified atom stereocenters. The fourth-order valence-electron chi connectivity index (χ4n) is 1.45. The summed E-state index contributed by atoms with van der Waals surface area (Å²) in [4.78, 5) is 11.6. The highest BCUT2D eigenvalue weighted by atomic mass is 32.1. The molecule has 6 heteroatoms. The fraction of sp³-hybridized carbons (Fsp3) is 0.250. The second-order valence-corrected chi connectivity index (χ2v) is 4.67. The molecule has 2 aromatic rings. The summed E-state index contributed by atoms with van der Waals surface area (Å²) in [6.07, 6.45) is 4.89. The van der Waals surface area contributed by atoms with Gasteiger partial charge in [0, 0.05) is 23.5 Å². The second kappa shape index (κ2) is 6.11. The number of aryl methyl sites for hydroxylation is 2. The van der Waals surface area contributed by atoms with Gasteiger partial charge in [-0.25, -0.2) is 4.79 Å². The summed E-state index contributed by atoms with van der Waals surface area (Å²) in [6.45, 7) is 0. The van der Waals surface area contributed by atoms with Crippen molar-refractivity contribution in [1.29, 1.82) is 0 Å². The molecule has 0 fully saturated rings. The first-order chi connectivity index (χ1) is 8.74. The average molecular weight is 264 g/mol. The van der Waals surface area contributed by atoms with Crippen molar-refractivity contribution in [2.75, 3.05) is 0 Å². The molecule has 1 N–H and O–H groups in total. The van der Waals surface area contributed by atoms with Gasteiger partial charge in [0.05, 0.1) is 0 Å². The maximum Gasteiger partial charge on any atom is 0.328 e. The van der Waals surface area contributed by atoms with Crippen LogP contribution < -0.4 is 0 Å². The molecule has 0 aromatic carbocycles. The van der Waals surface area contributed by atoms with E-state index in [0.717, 1.165) is 18.9 Å². The number of aromatic nitrogens is 2. The number of hydrogen-bond donors (Lipinski definition) is 1. The first-order valence-electron chi connectivity index (χ1n) is 5.50. The number of nitrogens with zero attached hydrogens (tertiary/aromatic N) is 2. The maximum atomic E-state index is 10.3. The molecule has 0 aliphatic heterocycles. The Hall–Kier alpha value is -1.95. The Balaban J connectivity index is 1.81. The van der Waals surface area contributed by atoms with Crippen molar-refractivity contribution in [3.05, 3.63) is 40.2 Å². The summed E-state index contributed by atoms with van der Waals surface area (Å²) in [7, 11) is 0. The summed E-state index contributed by atoms with van der Waals surface area (Å²) in [6, 6.07) is 4.13. The molecular formula is C12H12N2O3S. The lowest BCUT2D eigenvalue weighted by atomic mass is 10.2. The van der Waals surface area contributed by atoms with E-state index in [0.29, 0.717) is 12.3 Å². The number of rotatable bonds is 6. The van der Waals surface area contributed by atoms with E-state index in [2.05, 4.69) is 21.6 Å². The molecule has 0 aliphatic rings. The van der Waals surface area contributed by atoms with Crippen LogP contribution in [-0.2, 0) is 17.6 Å². The first-order valence-corrected chi connectivity index (χ1v) is 6.38. The lowest BCUT2D eigenvalue weighted by Gasteiger charge is -1.93. The van der Waals surface area contributed by atoms with Gasteiger partial charge in [-0.3, -0.25) is 0 Å². The monoisotopic (exact) mass is 264 g/mol. The number of hydrogen-bond acceptors (Lipinski definition) is 5. The van der Waals surface area contributed by atoms with E-state index in [9.17, 15) is 4.79 Å². The maximum absolute atomic E-state index is 10.3. The molecule has 94 valence electrons. The van der Waals surface area contributed by atoms with Crippen LogP contribution >= 0.6 is 11.3 Å². The number of carboxylic acid groups (broad SMARTS) is 1. The van der Waals surface area contributed by atoms with Crippen LogP contribution in [0.4, 0.5) is 0 Å². The molecule has 0 aliphatic carbocycles. The highest BCUT2D eigenvalue weighted by Crippen LogP contribution is 2.13. The Kier molecular flexibility index (Phi) is 4.25. The number of thiophene rings is 1. The quantitative estimate of drug-likeness (QED) is 0.811. The third kappa shape index (κ3) is 3.81. The van der Waals surface area contributed by atoms with Gasteiger partial charge in [0.15, 0.2) is 0 Å². The Morgan fingerprint density at radius 1 is 1.44 bits per heavy atom. The molecule has 2 rings (SSSR count). The first kappa shape index (κ1) is 12.5. The fourth-order valence-corrected chi connectivity index (χ4v) is 2.20. The molecule has 0 spiro atoms. The van der Waals surface area contributed by atoms with Crippen molar-refractivity contribution < 1.29 is 14.3 Å². The van der Waals surface area contributed by atoms with Gasteiger partial charge >= 0.3 is 5.97 Å². The van der Waals surface area contributed by atoms with Crippen LogP contribution in [0.2, 0.25) is 0 Å². The van der Waals surface area contributed by atoms with Crippen LogP contribution in [0, 0.1) is 0 Å². The predicted molar refractivity (Wildman–Crippen MR) is 67.3 cm³/mol. The van der Waals surface area contributed by atoms with Crippen LogP contribution in [0.15, 0.2) is 28.0 Å².